The summed E-state index contributed by atoms with van der Waals surface area (Å²) >= 11 is 7.50. The lowest BCUT2D eigenvalue weighted by molar-refractivity contribution is 0.587. The first-order valence-electron chi connectivity index (χ1n) is 4.79. The first kappa shape index (κ1) is 13.0. The summed E-state index contributed by atoms with van der Waals surface area (Å²) in [7, 11) is -3.24. The van der Waals surface area contributed by atoms with Gasteiger partial charge in [-0.25, -0.2) is 8.42 Å². The van der Waals surface area contributed by atoms with Crippen LogP contribution in [0.3, 0.4) is 0 Å². The van der Waals surface area contributed by atoms with E-state index < -0.39 is 15.1 Å². The third-order valence-electron chi connectivity index (χ3n) is 2.18. The van der Waals surface area contributed by atoms with Gasteiger partial charge in [-0.3, -0.25) is 0 Å². The predicted molar refractivity (Wildman–Crippen MR) is 65.7 cm³/mol. The summed E-state index contributed by atoms with van der Waals surface area (Å²) in [5, 5.41) is 1.63. The maximum absolute atomic E-state index is 11.9. The second kappa shape index (κ2) is 4.44. The zero-order valence-electron chi connectivity index (χ0n) is 9.24. The molecule has 0 aliphatic rings. The molecular formula is C10H15ClO2S2. The third-order valence-corrected chi connectivity index (χ3v) is 6.42. The number of hydrogen-bond donors (Lipinski definition) is 0. The van der Waals surface area contributed by atoms with Gasteiger partial charge in [0.25, 0.3) is 0 Å². The Labute approximate surface area is 100 Å². The van der Waals surface area contributed by atoms with E-state index in [1.807, 2.05) is 13.8 Å². The summed E-state index contributed by atoms with van der Waals surface area (Å²) in [5.41, 5.74) is 0. The van der Waals surface area contributed by atoms with Crippen molar-refractivity contribution in [2.75, 3.05) is 0 Å². The minimum absolute atomic E-state index is 0.263. The van der Waals surface area contributed by atoms with Gasteiger partial charge < -0.3 is 0 Å². The Balaban J connectivity index is 3.30. The van der Waals surface area contributed by atoms with E-state index in [9.17, 15) is 8.42 Å². The molecule has 86 valence electrons. The van der Waals surface area contributed by atoms with Crippen LogP contribution in [-0.2, 0) is 9.84 Å². The van der Waals surface area contributed by atoms with Gasteiger partial charge in [-0.15, -0.1) is 11.3 Å². The zero-order chi connectivity index (χ0) is 11.8. The lowest BCUT2D eigenvalue weighted by Crippen LogP contribution is -2.13. The minimum Gasteiger partial charge on any atom is -0.223 e. The fourth-order valence-corrected chi connectivity index (χ4v) is 4.42. The van der Waals surface area contributed by atoms with Gasteiger partial charge in [0.15, 0.2) is 9.84 Å². The van der Waals surface area contributed by atoms with Crippen LogP contribution in [0, 0.1) is 0 Å². The Morgan fingerprint density at radius 2 is 1.80 bits per heavy atom. The molecule has 0 spiro atoms. The molecule has 15 heavy (non-hydrogen) atoms. The van der Waals surface area contributed by atoms with Crippen molar-refractivity contribution < 1.29 is 8.42 Å². The lowest BCUT2D eigenvalue weighted by Gasteiger charge is -2.07. The van der Waals surface area contributed by atoms with E-state index in [1.165, 1.54) is 11.3 Å². The molecule has 2 nitrogen and oxygen atoms in total. The first-order valence-corrected chi connectivity index (χ1v) is 7.59. The molecule has 1 rings (SSSR count). The van der Waals surface area contributed by atoms with Crippen LogP contribution in [0.5, 0.6) is 0 Å². The smallest absolute Gasteiger partial charge is 0.182 e. The van der Waals surface area contributed by atoms with Crippen molar-refractivity contribution in [3.05, 3.63) is 15.3 Å². The Hall–Kier alpha value is -0.0600. The van der Waals surface area contributed by atoms with E-state index in [-0.39, 0.29) is 10.8 Å². The van der Waals surface area contributed by atoms with Gasteiger partial charge in [0.2, 0.25) is 0 Å². The van der Waals surface area contributed by atoms with E-state index in [2.05, 4.69) is 0 Å². The molecule has 0 bridgehead atoms. The van der Waals surface area contributed by atoms with E-state index in [4.69, 9.17) is 11.6 Å². The van der Waals surface area contributed by atoms with Crippen LogP contribution in [0.2, 0.25) is 5.02 Å². The maximum atomic E-state index is 11.9. The highest BCUT2D eigenvalue weighted by molar-refractivity contribution is 7.92. The molecule has 0 aliphatic heterocycles. The second-order valence-electron chi connectivity index (χ2n) is 4.03. The first-order chi connectivity index (χ1) is 6.78. The Bertz CT molecular complexity index is 444. The Morgan fingerprint density at radius 3 is 2.13 bits per heavy atom. The molecule has 0 radical (unpaired) electrons. The van der Waals surface area contributed by atoms with Crippen LogP contribution >= 0.6 is 22.9 Å². The summed E-state index contributed by atoms with van der Waals surface area (Å²) in [6.45, 7) is 7.34. The van der Waals surface area contributed by atoms with Crippen molar-refractivity contribution in [2.24, 2.45) is 0 Å². The van der Waals surface area contributed by atoms with Crippen molar-refractivity contribution in [1.29, 1.82) is 0 Å². The summed E-state index contributed by atoms with van der Waals surface area (Å²) in [4.78, 5) is 1.23. The average molecular weight is 267 g/mol. The molecule has 0 unspecified atom stereocenters. The normalized spacial score (nSPS) is 12.7. The molecule has 1 aromatic heterocycles. The molecule has 0 N–H and O–H groups in total. The van der Waals surface area contributed by atoms with Gasteiger partial charge in [-0.1, -0.05) is 25.4 Å². The van der Waals surface area contributed by atoms with Crippen molar-refractivity contribution in [2.45, 2.75) is 43.8 Å². The van der Waals surface area contributed by atoms with E-state index >= 15 is 0 Å². The molecule has 0 fully saturated rings. The van der Waals surface area contributed by atoms with Crippen LogP contribution in [0.25, 0.3) is 0 Å². The molecule has 5 heteroatoms. The highest BCUT2D eigenvalue weighted by Crippen LogP contribution is 2.37. The number of thiophene rings is 1. The van der Waals surface area contributed by atoms with Crippen LogP contribution in [0.1, 0.15) is 38.5 Å². The van der Waals surface area contributed by atoms with E-state index in [0.29, 0.717) is 5.02 Å². The largest absolute Gasteiger partial charge is 0.223 e. The van der Waals surface area contributed by atoms with Gasteiger partial charge in [-0.2, -0.15) is 0 Å². The average Bonchev–Trinajstić information content (AvgIpc) is 2.46. The molecular weight excluding hydrogens is 252 g/mol. The number of rotatable bonds is 3. The van der Waals surface area contributed by atoms with Gasteiger partial charge in [0.1, 0.15) is 0 Å². The zero-order valence-corrected chi connectivity index (χ0v) is 11.6. The van der Waals surface area contributed by atoms with Crippen LogP contribution in [0.4, 0.5) is 0 Å². The SMILES string of the molecule is CC(C)c1scc(S(=O)(=O)C(C)C)c1Cl. The van der Waals surface area contributed by atoms with Crippen LogP contribution < -0.4 is 0 Å². The van der Waals surface area contributed by atoms with Crippen molar-refractivity contribution in [3.8, 4) is 0 Å². The monoisotopic (exact) mass is 266 g/mol. The molecule has 0 amide bonds. The summed E-state index contributed by atoms with van der Waals surface area (Å²) < 4.78 is 23.8. The van der Waals surface area contributed by atoms with Crippen molar-refractivity contribution >= 4 is 32.8 Å². The van der Waals surface area contributed by atoms with Gasteiger partial charge >= 0.3 is 0 Å². The minimum atomic E-state index is -3.24. The van der Waals surface area contributed by atoms with Crippen LogP contribution in [0.15, 0.2) is 10.3 Å². The van der Waals surface area contributed by atoms with E-state index in [1.54, 1.807) is 19.2 Å². The van der Waals surface area contributed by atoms with Gasteiger partial charge in [0.05, 0.1) is 15.2 Å². The van der Waals surface area contributed by atoms with Crippen LogP contribution in [-0.4, -0.2) is 13.7 Å². The number of sulfone groups is 1. The maximum Gasteiger partial charge on any atom is 0.182 e. The topological polar surface area (TPSA) is 34.1 Å². The Morgan fingerprint density at radius 1 is 1.27 bits per heavy atom. The molecule has 0 saturated heterocycles. The van der Waals surface area contributed by atoms with Gasteiger partial charge in [0, 0.05) is 10.3 Å². The van der Waals surface area contributed by atoms with Crippen molar-refractivity contribution in [1.82, 2.24) is 0 Å². The molecule has 0 aromatic carbocycles. The second-order valence-corrected chi connectivity index (χ2v) is 7.79. The standard InChI is InChI=1S/C10H15ClO2S2/c1-6(2)10-9(11)8(5-14-10)15(12,13)7(3)4/h5-7H,1-4H3. The summed E-state index contributed by atoms with van der Waals surface area (Å²) in [5.74, 6) is 0.263. The third kappa shape index (κ3) is 2.37. The number of hydrogen-bond acceptors (Lipinski definition) is 3. The fraction of sp³-hybridized carbons (Fsp3) is 0.600. The fourth-order valence-electron chi connectivity index (χ4n) is 1.18. The lowest BCUT2D eigenvalue weighted by atomic mass is 10.2. The molecule has 0 saturated carbocycles. The molecule has 1 aromatic rings. The molecule has 0 aliphatic carbocycles. The highest BCUT2D eigenvalue weighted by Gasteiger charge is 2.25. The van der Waals surface area contributed by atoms with Crippen molar-refractivity contribution in [3.63, 3.8) is 0 Å². The quantitative estimate of drug-likeness (QED) is 0.836. The van der Waals surface area contributed by atoms with Gasteiger partial charge in [-0.05, 0) is 19.8 Å². The molecule has 0 atom stereocenters. The number of halogens is 1. The predicted octanol–water partition coefficient (Wildman–Crippen LogP) is 3.71. The molecule has 1 heterocycles. The Kier molecular flexibility index (Phi) is 3.85. The summed E-state index contributed by atoms with van der Waals surface area (Å²) in [6, 6.07) is 0. The summed E-state index contributed by atoms with van der Waals surface area (Å²) in [6.07, 6.45) is 0. The highest BCUT2D eigenvalue weighted by atomic mass is 35.5. The van der Waals surface area contributed by atoms with E-state index in [0.717, 1.165) is 4.88 Å².